The van der Waals surface area contributed by atoms with Gasteiger partial charge in [0.05, 0.1) is 11.4 Å². The van der Waals surface area contributed by atoms with Gasteiger partial charge in [0.1, 0.15) is 5.82 Å². The zero-order valence-corrected chi connectivity index (χ0v) is 18.1. The smallest absolute Gasteiger partial charge is 0.162 e. The number of benzene rings is 2. The number of nitrogens with one attached hydrogen (secondary N) is 1. The summed E-state index contributed by atoms with van der Waals surface area (Å²) in [6.45, 7) is 6.32. The first-order chi connectivity index (χ1) is 14.3. The number of halogens is 1. The van der Waals surface area contributed by atoms with Crippen LogP contribution in [0, 0.1) is 12.3 Å². The number of allylic oxidation sites excluding steroid dienone is 2. The Kier molecular flexibility index (Phi) is 4.37. The highest BCUT2D eigenvalue weighted by Crippen LogP contribution is 2.50. The molecule has 0 radical (unpaired) electrons. The van der Waals surface area contributed by atoms with Gasteiger partial charge in [0.2, 0.25) is 0 Å². The summed E-state index contributed by atoms with van der Waals surface area (Å²) in [6, 6.07) is 18.0. The highest BCUT2D eigenvalue weighted by atomic mass is 35.5. The van der Waals surface area contributed by atoms with Gasteiger partial charge in [0, 0.05) is 34.2 Å². The van der Waals surface area contributed by atoms with Crippen molar-refractivity contribution < 1.29 is 4.79 Å². The van der Waals surface area contributed by atoms with Crippen LogP contribution in [0.15, 0.2) is 65.9 Å². The second-order valence-electron chi connectivity index (χ2n) is 9.04. The van der Waals surface area contributed by atoms with Crippen LogP contribution in [-0.2, 0) is 4.79 Å². The molecule has 30 heavy (non-hydrogen) atoms. The zero-order chi connectivity index (χ0) is 21.0. The van der Waals surface area contributed by atoms with Gasteiger partial charge < -0.3 is 5.32 Å². The molecule has 5 rings (SSSR count). The van der Waals surface area contributed by atoms with Crippen molar-refractivity contribution >= 4 is 23.2 Å². The van der Waals surface area contributed by atoms with E-state index in [4.69, 9.17) is 16.7 Å². The fraction of sp³-hybridized carbons (Fsp3) is 0.280. The Balaban J connectivity index is 1.77. The number of hydrogen-bond acceptors (Lipinski definition) is 3. The average Bonchev–Trinajstić information content (AvgIpc) is 3.02. The Morgan fingerprint density at radius 2 is 1.87 bits per heavy atom. The second kappa shape index (κ2) is 6.85. The number of fused-ring (bicyclic) bond motifs is 1. The number of carbonyl (C=O) groups is 1. The molecule has 0 bridgehead atoms. The molecular weight excluding hydrogens is 394 g/mol. The Morgan fingerprint density at radius 3 is 2.60 bits per heavy atom. The van der Waals surface area contributed by atoms with Gasteiger partial charge in [0.25, 0.3) is 0 Å². The molecule has 3 aromatic rings. The van der Waals surface area contributed by atoms with E-state index in [2.05, 4.69) is 25.2 Å². The maximum Gasteiger partial charge on any atom is 0.162 e. The van der Waals surface area contributed by atoms with E-state index in [0.29, 0.717) is 11.4 Å². The molecule has 0 unspecified atom stereocenters. The van der Waals surface area contributed by atoms with Crippen molar-refractivity contribution in [2.75, 3.05) is 5.32 Å². The molecule has 0 amide bonds. The first-order valence-electron chi connectivity index (χ1n) is 10.3. The first kappa shape index (κ1) is 19.1. The number of rotatable bonds is 2. The zero-order valence-electron chi connectivity index (χ0n) is 17.4. The molecule has 0 spiro atoms. The summed E-state index contributed by atoms with van der Waals surface area (Å²) in [7, 11) is 0. The number of anilines is 1. The van der Waals surface area contributed by atoms with Gasteiger partial charge in [-0.05, 0) is 48.6 Å². The van der Waals surface area contributed by atoms with E-state index >= 15 is 0 Å². The van der Waals surface area contributed by atoms with Gasteiger partial charge in [-0.3, -0.25) is 4.79 Å². The number of aryl methyl sites for hydroxylation is 1. The topological polar surface area (TPSA) is 46.9 Å². The lowest BCUT2D eigenvalue weighted by molar-refractivity contribution is -0.118. The van der Waals surface area contributed by atoms with Gasteiger partial charge in [-0.25, -0.2) is 4.68 Å². The van der Waals surface area contributed by atoms with E-state index in [0.717, 1.165) is 46.0 Å². The maximum atomic E-state index is 13.4. The standard InChI is InChI=1S/C25H24ClN3O/c1-15-21-22(16-8-7-9-17(26)12-16)23-19(13-25(2,3)14-20(23)30)27-24(21)29(28-15)18-10-5-4-6-11-18/h4-12,22,27H,13-14H2,1-3H3/t22-/m0/s1. The fourth-order valence-electron chi connectivity index (χ4n) is 4.85. The normalized spacial score (nSPS) is 19.9. The van der Waals surface area contributed by atoms with Crippen LogP contribution in [-0.4, -0.2) is 15.6 Å². The lowest BCUT2D eigenvalue weighted by Crippen LogP contribution is -2.34. The Labute approximate surface area is 181 Å². The Bertz CT molecular complexity index is 1190. The van der Waals surface area contributed by atoms with E-state index in [1.165, 1.54) is 0 Å². The molecule has 4 nitrogen and oxygen atoms in total. The summed E-state index contributed by atoms with van der Waals surface area (Å²) in [6.07, 6.45) is 1.37. The summed E-state index contributed by atoms with van der Waals surface area (Å²) in [5.74, 6) is 0.972. The number of Topliss-reactive ketones (excluding diaryl/α,β-unsaturated/α-hetero) is 1. The van der Waals surface area contributed by atoms with Gasteiger partial charge in [-0.2, -0.15) is 5.10 Å². The van der Waals surface area contributed by atoms with E-state index < -0.39 is 0 Å². The van der Waals surface area contributed by atoms with Crippen molar-refractivity contribution in [3.8, 4) is 5.69 Å². The molecule has 1 N–H and O–H groups in total. The molecule has 1 aromatic heterocycles. The molecule has 0 saturated carbocycles. The molecule has 152 valence electrons. The van der Waals surface area contributed by atoms with E-state index in [-0.39, 0.29) is 17.1 Å². The minimum absolute atomic E-state index is 0.0774. The summed E-state index contributed by atoms with van der Waals surface area (Å²) >= 11 is 6.35. The van der Waals surface area contributed by atoms with Crippen LogP contribution in [0.1, 0.15) is 49.4 Å². The van der Waals surface area contributed by atoms with Gasteiger partial charge in [-0.15, -0.1) is 0 Å². The minimum Gasteiger partial charge on any atom is -0.343 e. The molecule has 1 aliphatic carbocycles. The molecule has 0 saturated heterocycles. The molecule has 1 aliphatic heterocycles. The van der Waals surface area contributed by atoms with Crippen molar-refractivity contribution in [1.29, 1.82) is 0 Å². The molecule has 1 atom stereocenters. The molecule has 0 fully saturated rings. The summed E-state index contributed by atoms with van der Waals surface area (Å²) in [4.78, 5) is 13.4. The van der Waals surface area contributed by atoms with Gasteiger partial charge in [-0.1, -0.05) is 55.8 Å². The molecule has 5 heteroatoms. The monoisotopic (exact) mass is 417 g/mol. The highest BCUT2D eigenvalue weighted by molar-refractivity contribution is 6.30. The Hall–Kier alpha value is -2.85. The van der Waals surface area contributed by atoms with Crippen LogP contribution in [0.3, 0.4) is 0 Å². The number of nitrogens with zero attached hydrogens (tertiary/aromatic N) is 2. The van der Waals surface area contributed by atoms with Crippen molar-refractivity contribution in [3.05, 3.63) is 87.7 Å². The number of ketones is 1. The fourth-order valence-corrected chi connectivity index (χ4v) is 5.05. The quantitative estimate of drug-likeness (QED) is 0.553. The van der Waals surface area contributed by atoms with Crippen LogP contribution in [0.25, 0.3) is 5.69 Å². The van der Waals surface area contributed by atoms with Crippen molar-refractivity contribution in [3.63, 3.8) is 0 Å². The van der Waals surface area contributed by atoms with Crippen LogP contribution in [0.4, 0.5) is 5.82 Å². The van der Waals surface area contributed by atoms with Crippen LogP contribution >= 0.6 is 11.6 Å². The van der Waals surface area contributed by atoms with E-state index in [9.17, 15) is 4.79 Å². The summed E-state index contributed by atoms with van der Waals surface area (Å²) in [5, 5.41) is 9.15. The molecular formula is C25H24ClN3O. The predicted octanol–water partition coefficient (Wildman–Crippen LogP) is 6.03. The summed E-state index contributed by atoms with van der Waals surface area (Å²) in [5.41, 5.74) is 5.77. The lowest BCUT2D eigenvalue weighted by Gasteiger charge is -2.38. The molecule has 2 aliphatic rings. The SMILES string of the molecule is Cc1nn(-c2ccccc2)c2c1[C@H](c1cccc(Cl)c1)C1=C(CC(C)(C)CC1=O)N2. The van der Waals surface area contributed by atoms with Crippen molar-refractivity contribution in [2.45, 2.75) is 39.5 Å². The summed E-state index contributed by atoms with van der Waals surface area (Å²) < 4.78 is 1.96. The average molecular weight is 418 g/mol. The number of aromatic nitrogens is 2. The van der Waals surface area contributed by atoms with Crippen molar-refractivity contribution in [2.24, 2.45) is 5.41 Å². The minimum atomic E-state index is -0.170. The van der Waals surface area contributed by atoms with Crippen LogP contribution in [0.2, 0.25) is 5.02 Å². The van der Waals surface area contributed by atoms with Crippen LogP contribution < -0.4 is 5.32 Å². The third-order valence-corrected chi connectivity index (χ3v) is 6.29. The lowest BCUT2D eigenvalue weighted by atomic mass is 9.69. The van der Waals surface area contributed by atoms with E-state index in [1.54, 1.807) is 0 Å². The highest BCUT2D eigenvalue weighted by Gasteiger charge is 2.42. The third kappa shape index (κ3) is 3.07. The van der Waals surface area contributed by atoms with Crippen LogP contribution in [0.5, 0.6) is 0 Å². The number of para-hydroxylation sites is 1. The maximum absolute atomic E-state index is 13.4. The first-order valence-corrected chi connectivity index (χ1v) is 10.7. The molecule has 2 aromatic carbocycles. The predicted molar refractivity (Wildman–Crippen MR) is 120 cm³/mol. The second-order valence-corrected chi connectivity index (χ2v) is 9.48. The van der Waals surface area contributed by atoms with Gasteiger partial charge >= 0.3 is 0 Å². The molecule has 2 heterocycles. The van der Waals surface area contributed by atoms with Crippen molar-refractivity contribution in [1.82, 2.24) is 9.78 Å². The number of carbonyl (C=O) groups excluding carboxylic acids is 1. The van der Waals surface area contributed by atoms with Gasteiger partial charge in [0.15, 0.2) is 5.78 Å². The number of hydrogen-bond donors (Lipinski definition) is 1. The van der Waals surface area contributed by atoms with E-state index in [1.807, 2.05) is 60.1 Å². The largest absolute Gasteiger partial charge is 0.343 e. The third-order valence-electron chi connectivity index (χ3n) is 6.06. The Morgan fingerprint density at radius 1 is 1.10 bits per heavy atom.